The third-order valence-corrected chi connectivity index (χ3v) is 7.64. The Morgan fingerprint density at radius 2 is 1.90 bits per heavy atom. The monoisotopic (exact) mass is 449 g/mol. The molecule has 0 radical (unpaired) electrons. The number of hydrogen-bond acceptors (Lipinski definition) is 6. The lowest BCUT2D eigenvalue weighted by molar-refractivity contribution is 0.102. The van der Waals surface area contributed by atoms with Gasteiger partial charge in [-0.3, -0.25) is 4.79 Å². The Labute approximate surface area is 182 Å². The number of hydrogen-bond donors (Lipinski definition) is 1. The number of rotatable bonds is 7. The Morgan fingerprint density at radius 1 is 1.17 bits per heavy atom. The van der Waals surface area contributed by atoms with Crippen molar-refractivity contribution < 1.29 is 17.9 Å². The van der Waals surface area contributed by atoms with E-state index in [9.17, 15) is 13.2 Å². The van der Waals surface area contributed by atoms with E-state index in [4.69, 9.17) is 4.74 Å². The minimum absolute atomic E-state index is 0.0207. The van der Waals surface area contributed by atoms with Gasteiger partial charge < -0.3 is 10.1 Å². The normalized spacial score (nSPS) is 15.4. The summed E-state index contributed by atoms with van der Waals surface area (Å²) in [4.78, 5) is 17.1. The van der Waals surface area contributed by atoms with Crippen molar-refractivity contribution in [3.63, 3.8) is 0 Å². The van der Waals surface area contributed by atoms with Crippen LogP contribution in [0, 0.1) is 0 Å². The molecule has 0 unspecified atom stereocenters. The molecule has 0 atom stereocenters. The number of amides is 1. The van der Waals surface area contributed by atoms with Crippen molar-refractivity contribution in [2.45, 2.75) is 42.5 Å². The number of sulfonamides is 1. The summed E-state index contributed by atoms with van der Waals surface area (Å²) in [5.41, 5.74) is 0.796. The number of benzene rings is 1. The lowest BCUT2D eigenvalue weighted by Crippen LogP contribution is -2.32. The van der Waals surface area contributed by atoms with Gasteiger partial charge in [0.25, 0.3) is 5.91 Å². The zero-order valence-corrected chi connectivity index (χ0v) is 18.9. The fourth-order valence-electron chi connectivity index (χ4n) is 3.33. The second-order valence-corrected chi connectivity index (χ2v) is 10.1. The number of pyridine rings is 1. The Bertz CT molecular complexity index is 970. The van der Waals surface area contributed by atoms with Gasteiger partial charge in [-0.15, -0.1) is 11.8 Å². The van der Waals surface area contributed by atoms with Gasteiger partial charge in [0.1, 0.15) is 10.6 Å². The highest BCUT2D eigenvalue weighted by Gasteiger charge is 2.29. The number of nitrogens with zero attached hydrogens (tertiary/aromatic N) is 2. The molecule has 1 aliphatic rings. The summed E-state index contributed by atoms with van der Waals surface area (Å²) in [6, 6.07) is 8.10. The molecular weight excluding hydrogens is 422 g/mol. The molecule has 0 saturated carbocycles. The van der Waals surface area contributed by atoms with Crippen molar-refractivity contribution in [2.75, 3.05) is 31.3 Å². The summed E-state index contributed by atoms with van der Waals surface area (Å²) < 4.78 is 33.3. The number of carbonyl (C=O) groups is 1. The highest BCUT2D eigenvalue weighted by atomic mass is 32.2. The van der Waals surface area contributed by atoms with Crippen LogP contribution in [0.1, 0.15) is 43.0 Å². The first-order valence-electron chi connectivity index (χ1n) is 10.0. The SMILES string of the molecule is CCSc1ccc(NC(=O)c2ccc(OC)c(S(=O)(=O)N3CCCCCC3)c2)cn1. The van der Waals surface area contributed by atoms with E-state index in [0.29, 0.717) is 18.8 Å². The standard InChI is InChI=1S/C21H27N3O4S2/c1-3-29-20-11-9-17(15-22-20)23-21(25)16-8-10-18(28-2)19(14-16)30(26,27)24-12-6-4-5-7-13-24/h8-11,14-15H,3-7,12-13H2,1-2H3,(H,23,25). The fraction of sp³-hybridized carbons (Fsp3) is 0.429. The predicted molar refractivity (Wildman–Crippen MR) is 119 cm³/mol. The van der Waals surface area contributed by atoms with Crippen LogP contribution in [0.25, 0.3) is 0 Å². The Hall–Kier alpha value is -2.10. The first kappa shape index (κ1) is 22.6. The molecule has 9 heteroatoms. The maximum Gasteiger partial charge on any atom is 0.255 e. The smallest absolute Gasteiger partial charge is 0.255 e. The quantitative estimate of drug-likeness (QED) is 0.643. The predicted octanol–water partition coefficient (Wildman–Crippen LogP) is 4.02. The van der Waals surface area contributed by atoms with Crippen LogP contribution in [-0.4, -0.2) is 49.6 Å². The van der Waals surface area contributed by atoms with E-state index < -0.39 is 15.9 Å². The van der Waals surface area contributed by atoms with Crippen molar-refractivity contribution in [1.29, 1.82) is 0 Å². The van der Waals surface area contributed by atoms with E-state index in [-0.39, 0.29) is 16.2 Å². The molecule has 0 aliphatic carbocycles. The molecule has 7 nitrogen and oxygen atoms in total. The van der Waals surface area contributed by atoms with Crippen LogP contribution in [0.15, 0.2) is 46.5 Å². The van der Waals surface area contributed by atoms with Crippen LogP contribution >= 0.6 is 11.8 Å². The lowest BCUT2D eigenvalue weighted by atomic mass is 10.2. The van der Waals surface area contributed by atoms with Gasteiger partial charge >= 0.3 is 0 Å². The van der Waals surface area contributed by atoms with Crippen LogP contribution in [0.4, 0.5) is 5.69 Å². The van der Waals surface area contributed by atoms with E-state index in [1.165, 1.54) is 23.5 Å². The Kier molecular flexibility index (Phi) is 7.74. The van der Waals surface area contributed by atoms with Gasteiger partial charge in [0, 0.05) is 18.7 Å². The highest BCUT2D eigenvalue weighted by molar-refractivity contribution is 7.99. The maximum atomic E-state index is 13.3. The summed E-state index contributed by atoms with van der Waals surface area (Å²) in [5.74, 6) is 0.750. The van der Waals surface area contributed by atoms with Gasteiger partial charge in [0.15, 0.2) is 0 Å². The van der Waals surface area contributed by atoms with Crippen LogP contribution in [-0.2, 0) is 10.0 Å². The molecule has 162 valence electrons. The Balaban J connectivity index is 1.85. The minimum Gasteiger partial charge on any atom is -0.495 e. The van der Waals surface area contributed by atoms with Crippen LogP contribution in [0.3, 0.4) is 0 Å². The van der Waals surface area contributed by atoms with Gasteiger partial charge in [-0.05, 0) is 48.9 Å². The number of carbonyl (C=O) groups excluding carboxylic acids is 1. The Morgan fingerprint density at radius 3 is 2.50 bits per heavy atom. The summed E-state index contributed by atoms with van der Waals surface area (Å²) in [5, 5.41) is 3.65. The van der Waals surface area contributed by atoms with E-state index in [1.807, 2.05) is 13.0 Å². The number of methoxy groups -OCH3 is 1. The molecule has 1 aromatic carbocycles. The second-order valence-electron chi connectivity index (χ2n) is 6.96. The second kappa shape index (κ2) is 10.3. The topological polar surface area (TPSA) is 88.6 Å². The minimum atomic E-state index is -3.76. The summed E-state index contributed by atoms with van der Waals surface area (Å²) in [6.07, 6.45) is 5.31. The first-order valence-corrected chi connectivity index (χ1v) is 12.5. The zero-order chi connectivity index (χ0) is 21.6. The third-order valence-electron chi connectivity index (χ3n) is 4.90. The van der Waals surface area contributed by atoms with Crippen LogP contribution in [0.2, 0.25) is 0 Å². The number of thioether (sulfide) groups is 1. The number of ether oxygens (including phenoxy) is 1. The molecule has 1 fully saturated rings. The molecule has 2 heterocycles. The average Bonchev–Trinajstić information content (AvgIpc) is 3.05. The van der Waals surface area contributed by atoms with E-state index in [0.717, 1.165) is 36.5 Å². The lowest BCUT2D eigenvalue weighted by Gasteiger charge is -2.21. The molecule has 0 spiro atoms. The number of anilines is 1. The number of nitrogens with one attached hydrogen (secondary N) is 1. The maximum absolute atomic E-state index is 13.3. The number of aromatic nitrogens is 1. The van der Waals surface area contributed by atoms with Crippen molar-refractivity contribution in [3.05, 3.63) is 42.1 Å². The molecule has 0 bridgehead atoms. The van der Waals surface area contributed by atoms with Crippen molar-refractivity contribution in [2.24, 2.45) is 0 Å². The molecule has 1 N–H and O–H groups in total. The zero-order valence-electron chi connectivity index (χ0n) is 17.3. The first-order chi connectivity index (χ1) is 14.5. The largest absolute Gasteiger partial charge is 0.495 e. The molecule has 1 saturated heterocycles. The molecule has 3 rings (SSSR count). The average molecular weight is 450 g/mol. The molecule has 1 amide bonds. The molecule has 1 aromatic heterocycles. The highest BCUT2D eigenvalue weighted by Crippen LogP contribution is 2.29. The van der Waals surface area contributed by atoms with Crippen molar-refractivity contribution in [3.8, 4) is 5.75 Å². The molecular formula is C21H27N3O4S2. The fourth-order valence-corrected chi connectivity index (χ4v) is 5.62. The van der Waals surface area contributed by atoms with Gasteiger partial charge in [-0.2, -0.15) is 4.31 Å². The molecule has 2 aromatic rings. The van der Waals surface area contributed by atoms with E-state index in [2.05, 4.69) is 10.3 Å². The van der Waals surface area contributed by atoms with E-state index in [1.54, 1.807) is 30.1 Å². The molecule has 1 aliphatic heterocycles. The summed E-state index contributed by atoms with van der Waals surface area (Å²) >= 11 is 1.61. The van der Waals surface area contributed by atoms with Crippen LogP contribution < -0.4 is 10.1 Å². The van der Waals surface area contributed by atoms with Gasteiger partial charge in [-0.25, -0.2) is 13.4 Å². The van der Waals surface area contributed by atoms with Gasteiger partial charge in [0.05, 0.1) is 24.0 Å². The van der Waals surface area contributed by atoms with Gasteiger partial charge in [0.2, 0.25) is 10.0 Å². The summed E-state index contributed by atoms with van der Waals surface area (Å²) in [6.45, 7) is 3.01. The van der Waals surface area contributed by atoms with E-state index >= 15 is 0 Å². The third kappa shape index (κ3) is 5.33. The summed E-state index contributed by atoms with van der Waals surface area (Å²) in [7, 11) is -2.33. The van der Waals surface area contributed by atoms with Crippen molar-refractivity contribution in [1.82, 2.24) is 9.29 Å². The molecule has 30 heavy (non-hydrogen) atoms. The van der Waals surface area contributed by atoms with Gasteiger partial charge in [-0.1, -0.05) is 19.8 Å². The van der Waals surface area contributed by atoms with Crippen molar-refractivity contribution >= 4 is 33.4 Å². The van der Waals surface area contributed by atoms with Crippen LogP contribution in [0.5, 0.6) is 5.75 Å².